The third kappa shape index (κ3) is 2.75. The molecule has 2 aliphatic rings. The number of anilines is 1. The van der Waals surface area contributed by atoms with E-state index in [9.17, 15) is 0 Å². The molecule has 0 N–H and O–H groups in total. The van der Waals surface area contributed by atoms with Gasteiger partial charge < -0.3 is 9.64 Å². The van der Waals surface area contributed by atoms with Gasteiger partial charge in [0.05, 0.1) is 5.56 Å². The third-order valence-electron chi connectivity index (χ3n) is 4.88. The highest BCUT2D eigenvalue weighted by molar-refractivity contribution is 5.46. The first-order chi connectivity index (χ1) is 11.3. The van der Waals surface area contributed by atoms with Crippen LogP contribution in [0.15, 0.2) is 48.7 Å². The molecule has 1 unspecified atom stereocenters. The minimum atomic E-state index is 0.282. The maximum atomic E-state index is 8.91. The predicted octanol–water partition coefficient (Wildman–Crippen LogP) is 3.53. The summed E-state index contributed by atoms with van der Waals surface area (Å²) in [5, 5.41) is 8.91. The summed E-state index contributed by atoms with van der Waals surface area (Å²) in [4.78, 5) is 6.92. The predicted molar refractivity (Wildman–Crippen MR) is 88.3 cm³/mol. The summed E-state index contributed by atoms with van der Waals surface area (Å²) in [5.41, 5.74) is 0.614. The van der Waals surface area contributed by atoms with Crippen LogP contribution in [0.5, 0.6) is 5.75 Å². The van der Waals surface area contributed by atoms with Crippen LogP contribution in [0.25, 0.3) is 0 Å². The van der Waals surface area contributed by atoms with Gasteiger partial charge in [0.25, 0.3) is 0 Å². The smallest absolute Gasteiger partial charge is 0.129 e. The molecule has 4 nitrogen and oxygen atoms in total. The number of piperidine rings is 1. The maximum absolute atomic E-state index is 8.91. The van der Waals surface area contributed by atoms with Crippen molar-refractivity contribution in [1.82, 2.24) is 4.98 Å². The van der Waals surface area contributed by atoms with Gasteiger partial charge in [0.15, 0.2) is 0 Å². The highest BCUT2D eigenvalue weighted by atomic mass is 16.5. The zero-order valence-electron chi connectivity index (χ0n) is 12.9. The number of nitrogens with zero attached hydrogens (tertiary/aromatic N) is 3. The van der Waals surface area contributed by atoms with Gasteiger partial charge in [0, 0.05) is 31.1 Å². The summed E-state index contributed by atoms with van der Waals surface area (Å²) < 4.78 is 6.17. The second kappa shape index (κ2) is 5.92. The highest BCUT2D eigenvalue weighted by Crippen LogP contribution is 2.39. The molecule has 3 atom stereocenters. The van der Waals surface area contributed by atoms with Crippen LogP contribution in [-0.4, -0.2) is 23.2 Å². The number of hydrogen-bond donors (Lipinski definition) is 0. The fourth-order valence-electron chi connectivity index (χ4n) is 3.89. The lowest BCUT2D eigenvalue weighted by Crippen LogP contribution is -2.46. The minimum Gasteiger partial charge on any atom is -0.490 e. The van der Waals surface area contributed by atoms with E-state index in [4.69, 9.17) is 10.00 Å². The topological polar surface area (TPSA) is 49.2 Å². The molecule has 1 aromatic carbocycles. The Hall–Kier alpha value is -2.54. The van der Waals surface area contributed by atoms with E-state index in [1.54, 1.807) is 6.20 Å². The zero-order valence-corrected chi connectivity index (χ0v) is 12.9. The summed E-state index contributed by atoms with van der Waals surface area (Å²) in [6.45, 7) is 0. The van der Waals surface area contributed by atoms with E-state index in [1.165, 1.54) is 12.8 Å². The van der Waals surface area contributed by atoms with E-state index in [1.807, 2.05) is 42.5 Å². The Kier molecular flexibility index (Phi) is 3.63. The van der Waals surface area contributed by atoms with Crippen molar-refractivity contribution in [3.8, 4) is 11.8 Å². The Labute approximate surface area is 136 Å². The zero-order chi connectivity index (χ0) is 15.6. The molecule has 2 fully saturated rings. The lowest BCUT2D eigenvalue weighted by molar-refractivity contribution is 0.150. The Balaban J connectivity index is 1.48. The molecule has 2 aliphatic heterocycles. The molecule has 0 amide bonds. The van der Waals surface area contributed by atoms with Crippen molar-refractivity contribution in [3.05, 3.63) is 54.2 Å². The van der Waals surface area contributed by atoms with Gasteiger partial charge in [-0.1, -0.05) is 18.2 Å². The molecule has 0 spiro atoms. The molecule has 4 heteroatoms. The van der Waals surface area contributed by atoms with Crippen molar-refractivity contribution in [2.75, 3.05) is 4.90 Å². The van der Waals surface area contributed by atoms with Crippen LogP contribution in [0.3, 0.4) is 0 Å². The average molecular weight is 305 g/mol. The molecule has 3 heterocycles. The molecule has 4 rings (SSSR count). The van der Waals surface area contributed by atoms with Crippen molar-refractivity contribution >= 4 is 5.82 Å². The van der Waals surface area contributed by atoms with Crippen LogP contribution in [0, 0.1) is 11.3 Å². The van der Waals surface area contributed by atoms with Crippen LogP contribution in [0.1, 0.15) is 31.2 Å². The van der Waals surface area contributed by atoms with Crippen molar-refractivity contribution in [2.45, 2.75) is 43.9 Å². The molecular weight excluding hydrogens is 286 g/mol. The molecule has 0 saturated carbocycles. The van der Waals surface area contributed by atoms with Gasteiger partial charge in [0.2, 0.25) is 0 Å². The Morgan fingerprint density at radius 3 is 2.39 bits per heavy atom. The molecule has 1 aromatic heterocycles. The molecule has 2 saturated heterocycles. The molecule has 23 heavy (non-hydrogen) atoms. The Morgan fingerprint density at radius 2 is 1.78 bits per heavy atom. The number of pyridine rings is 1. The molecule has 2 bridgehead atoms. The number of hydrogen-bond acceptors (Lipinski definition) is 4. The summed E-state index contributed by atoms with van der Waals surface area (Å²) >= 11 is 0. The average Bonchev–Trinajstić information content (AvgIpc) is 2.87. The maximum Gasteiger partial charge on any atom is 0.129 e. The first kappa shape index (κ1) is 14.1. The molecule has 116 valence electrons. The number of para-hydroxylation sites is 1. The summed E-state index contributed by atoms with van der Waals surface area (Å²) in [6, 6.07) is 17.0. The van der Waals surface area contributed by atoms with Crippen LogP contribution in [0.2, 0.25) is 0 Å². The molecular formula is C19H19N3O. The number of rotatable bonds is 3. The summed E-state index contributed by atoms with van der Waals surface area (Å²) in [6.07, 6.45) is 6.41. The van der Waals surface area contributed by atoms with E-state index in [-0.39, 0.29) is 6.10 Å². The standard InChI is InChI=1S/C19H19N3O/c20-12-14-6-9-19(21-13-14)22-15-7-8-16(22)11-18(10-15)23-17-4-2-1-3-5-17/h1-6,9,13,15-16,18H,7-8,10-11H2/t15-,16+,18?. The first-order valence-corrected chi connectivity index (χ1v) is 8.19. The van der Waals surface area contributed by atoms with E-state index >= 15 is 0 Å². The second-order valence-electron chi connectivity index (χ2n) is 6.33. The van der Waals surface area contributed by atoms with Crippen molar-refractivity contribution in [1.29, 1.82) is 5.26 Å². The fourth-order valence-corrected chi connectivity index (χ4v) is 3.89. The van der Waals surface area contributed by atoms with Crippen LogP contribution < -0.4 is 9.64 Å². The van der Waals surface area contributed by atoms with Gasteiger partial charge in [0.1, 0.15) is 23.7 Å². The van der Waals surface area contributed by atoms with E-state index in [0.29, 0.717) is 17.6 Å². The fraction of sp³-hybridized carbons (Fsp3) is 0.368. The molecule has 0 radical (unpaired) electrons. The quantitative estimate of drug-likeness (QED) is 0.870. The van der Waals surface area contributed by atoms with Gasteiger partial charge in [-0.3, -0.25) is 0 Å². The minimum absolute atomic E-state index is 0.282. The monoisotopic (exact) mass is 305 g/mol. The lowest BCUT2D eigenvalue weighted by Gasteiger charge is -2.39. The SMILES string of the molecule is N#Cc1ccc(N2[C@@H]3CC[C@H]2CC(Oc2ccccc2)C3)nc1. The van der Waals surface area contributed by atoms with Crippen LogP contribution in [-0.2, 0) is 0 Å². The Bertz CT molecular complexity index is 694. The van der Waals surface area contributed by atoms with Crippen molar-refractivity contribution < 1.29 is 4.74 Å². The van der Waals surface area contributed by atoms with E-state index in [2.05, 4.69) is 16.0 Å². The van der Waals surface area contributed by atoms with E-state index < -0.39 is 0 Å². The highest BCUT2D eigenvalue weighted by Gasteiger charge is 2.42. The summed E-state index contributed by atoms with van der Waals surface area (Å²) in [5.74, 6) is 1.96. The molecule has 0 aliphatic carbocycles. The van der Waals surface area contributed by atoms with Crippen molar-refractivity contribution in [2.24, 2.45) is 0 Å². The van der Waals surface area contributed by atoms with Gasteiger partial charge >= 0.3 is 0 Å². The lowest BCUT2D eigenvalue weighted by atomic mass is 9.99. The number of benzene rings is 1. The largest absolute Gasteiger partial charge is 0.490 e. The van der Waals surface area contributed by atoms with Gasteiger partial charge in [-0.05, 0) is 37.1 Å². The third-order valence-corrected chi connectivity index (χ3v) is 4.88. The van der Waals surface area contributed by atoms with Gasteiger partial charge in [-0.15, -0.1) is 0 Å². The van der Waals surface area contributed by atoms with E-state index in [0.717, 1.165) is 24.4 Å². The number of aromatic nitrogens is 1. The Morgan fingerprint density at radius 1 is 1.04 bits per heavy atom. The van der Waals surface area contributed by atoms with Crippen LogP contribution in [0.4, 0.5) is 5.82 Å². The number of nitriles is 1. The van der Waals surface area contributed by atoms with Gasteiger partial charge in [-0.2, -0.15) is 5.26 Å². The molecule has 2 aromatic rings. The first-order valence-electron chi connectivity index (χ1n) is 8.19. The number of ether oxygens (including phenoxy) is 1. The van der Waals surface area contributed by atoms with Crippen molar-refractivity contribution in [3.63, 3.8) is 0 Å². The van der Waals surface area contributed by atoms with Gasteiger partial charge in [-0.25, -0.2) is 4.98 Å². The van der Waals surface area contributed by atoms with Crippen LogP contribution >= 0.6 is 0 Å². The normalized spacial score (nSPS) is 25.9. The summed E-state index contributed by atoms with van der Waals surface area (Å²) in [7, 11) is 0. The second-order valence-corrected chi connectivity index (χ2v) is 6.33. The number of fused-ring (bicyclic) bond motifs is 2.